The predicted octanol–water partition coefficient (Wildman–Crippen LogP) is 3.15. The number of ether oxygens (including phenoxy) is 1. The molecule has 5 heteroatoms. The summed E-state index contributed by atoms with van der Waals surface area (Å²) in [7, 11) is 0. The van der Waals surface area contributed by atoms with Gasteiger partial charge in [-0.3, -0.25) is 4.79 Å². The lowest BCUT2D eigenvalue weighted by atomic mass is 10.1. The van der Waals surface area contributed by atoms with E-state index >= 15 is 0 Å². The Labute approximate surface area is 136 Å². The van der Waals surface area contributed by atoms with Crippen LogP contribution in [0.4, 0.5) is 0 Å². The number of aromatic nitrogens is 1. The number of nitrogens with zero attached hydrogens (tertiary/aromatic N) is 2. The van der Waals surface area contributed by atoms with Gasteiger partial charge in [0.15, 0.2) is 5.76 Å². The molecule has 0 bridgehead atoms. The van der Waals surface area contributed by atoms with E-state index in [0.717, 1.165) is 37.6 Å². The van der Waals surface area contributed by atoms with Gasteiger partial charge in [0.05, 0.1) is 24.1 Å². The van der Waals surface area contributed by atoms with Crippen molar-refractivity contribution in [1.29, 1.82) is 0 Å². The van der Waals surface area contributed by atoms with Crippen molar-refractivity contribution in [3.8, 4) is 11.5 Å². The van der Waals surface area contributed by atoms with Crippen LogP contribution in [-0.4, -0.2) is 42.1 Å². The molecule has 1 fully saturated rings. The highest BCUT2D eigenvalue weighted by Crippen LogP contribution is 2.21. The second-order valence-corrected chi connectivity index (χ2v) is 5.88. The van der Waals surface area contributed by atoms with Crippen LogP contribution in [0.5, 0.6) is 0 Å². The third kappa shape index (κ3) is 3.45. The summed E-state index contributed by atoms with van der Waals surface area (Å²) in [6.45, 7) is 6.86. The van der Waals surface area contributed by atoms with Crippen molar-refractivity contribution >= 4 is 5.91 Å². The molecule has 1 amide bonds. The predicted molar refractivity (Wildman–Crippen MR) is 87.2 cm³/mol. The molecular formula is C18H22N2O3. The van der Waals surface area contributed by atoms with Gasteiger partial charge in [-0.15, -0.1) is 0 Å². The van der Waals surface area contributed by atoms with Gasteiger partial charge >= 0.3 is 0 Å². The lowest BCUT2D eigenvalue weighted by Crippen LogP contribution is -2.36. The maximum Gasteiger partial charge on any atom is 0.255 e. The van der Waals surface area contributed by atoms with Crippen LogP contribution in [0.1, 0.15) is 29.4 Å². The fraction of sp³-hybridized carbons (Fsp3) is 0.444. The molecule has 0 N–H and O–H groups in total. The fourth-order valence-electron chi connectivity index (χ4n) is 2.91. The first-order valence-electron chi connectivity index (χ1n) is 8.07. The Morgan fingerprint density at radius 1 is 1.39 bits per heavy atom. The first-order chi connectivity index (χ1) is 11.2. The number of hydrogen-bond donors (Lipinski definition) is 0. The van der Waals surface area contributed by atoms with Gasteiger partial charge in [0.2, 0.25) is 0 Å². The lowest BCUT2D eigenvalue weighted by Gasteiger charge is -2.24. The van der Waals surface area contributed by atoms with Crippen molar-refractivity contribution in [2.24, 2.45) is 5.92 Å². The van der Waals surface area contributed by atoms with Gasteiger partial charge in [0, 0.05) is 25.6 Å². The molecule has 0 aliphatic carbocycles. The van der Waals surface area contributed by atoms with Crippen molar-refractivity contribution in [3.63, 3.8) is 0 Å². The highest BCUT2D eigenvalue weighted by molar-refractivity contribution is 5.95. The van der Waals surface area contributed by atoms with E-state index in [4.69, 9.17) is 9.15 Å². The molecule has 2 aromatic rings. The quantitative estimate of drug-likeness (QED) is 0.850. The molecule has 1 aliphatic heterocycles. The van der Waals surface area contributed by atoms with Crippen LogP contribution < -0.4 is 0 Å². The third-order valence-corrected chi connectivity index (χ3v) is 4.26. The van der Waals surface area contributed by atoms with Crippen molar-refractivity contribution in [2.75, 3.05) is 26.3 Å². The van der Waals surface area contributed by atoms with Crippen LogP contribution in [0.25, 0.3) is 11.5 Å². The third-order valence-electron chi connectivity index (χ3n) is 4.26. The van der Waals surface area contributed by atoms with Gasteiger partial charge in [-0.25, -0.2) is 4.98 Å². The van der Waals surface area contributed by atoms with Crippen LogP contribution >= 0.6 is 0 Å². The highest BCUT2D eigenvalue weighted by atomic mass is 16.5. The number of amides is 1. The fourth-order valence-corrected chi connectivity index (χ4v) is 2.91. The summed E-state index contributed by atoms with van der Waals surface area (Å²) in [5, 5.41) is 0. The first kappa shape index (κ1) is 15.7. The minimum atomic E-state index is 0.0374. The maximum atomic E-state index is 12.8. The van der Waals surface area contributed by atoms with Gasteiger partial charge in [-0.1, -0.05) is 0 Å². The molecule has 1 saturated heterocycles. The smallest absolute Gasteiger partial charge is 0.255 e. The van der Waals surface area contributed by atoms with Gasteiger partial charge in [0.1, 0.15) is 5.69 Å². The zero-order valence-electron chi connectivity index (χ0n) is 13.6. The molecule has 0 aromatic carbocycles. The van der Waals surface area contributed by atoms with Crippen LogP contribution in [-0.2, 0) is 4.74 Å². The Morgan fingerprint density at radius 3 is 2.87 bits per heavy atom. The van der Waals surface area contributed by atoms with E-state index in [2.05, 4.69) is 4.98 Å². The number of carbonyl (C=O) groups excluding carboxylic acids is 1. The molecule has 0 saturated carbocycles. The van der Waals surface area contributed by atoms with Crippen LogP contribution in [0, 0.1) is 12.8 Å². The van der Waals surface area contributed by atoms with Crippen molar-refractivity contribution in [2.45, 2.75) is 20.3 Å². The number of hydrogen-bond acceptors (Lipinski definition) is 4. The minimum Gasteiger partial charge on any atom is -0.463 e. The molecule has 3 heterocycles. The second kappa shape index (κ2) is 6.96. The Hall–Kier alpha value is -2.14. The van der Waals surface area contributed by atoms with E-state index in [9.17, 15) is 4.79 Å². The molecule has 1 aliphatic rings. The van der Waals surface area contributed by atoms with Crippen molar-refractivity contribution in [3.05, 3.63) is 41.8 Å². The van der Waals surface area contributed by atoms with E-state index in [1.807, 2.05) is 43.0 Å². The summed E-state index contributed by atoms with van der Waals surface area (Å²) in [5.74, 6) is 1.19. The average molecular weight is 314 g/mol. The number of carbonyl (C=O) groups is 1. The molecule has 0 spiro atoms. The van der Waals surface area contributed by atoms with Crippen LogP contribution in [0.3, 0.4) is 0 Å². The van der Waals surface area contributed by atoms with Gasteiger partial charge in [-0.2, -0.15) is 0 Å². The molecule has 0 radical (unpaired) electrons. The van der Waals surface area contributed by atoms with E-state index in [1.165, 1.54) is 0 Å². The zero-order valence-corrected chi connectivity index (χ0v) is 13.6. The second-order valence-electron chi connectivity index (χ2n) is 5.88. The molecule has 5 nitrogen and oxygen atoms in total. The molecule has 23 heavy (non-hydrogen) atoms. The Kier molecular flexibility index (Phi) is 4.76. The maximum absolute atomic E-state index is 12.8. The average Bonchev–Trinajstić information content (AvgIpc) is 3.25. The van der Waals surface area contributed by atoms with E-state index in [0.29, 0.717) is 23.8 Å². The van der Waals surface area contributed by atoms with Gasteiger partial charge < -0.3 is 14.1 Å². The molecular weight excluding hydrogens is 292 g/mol. The monoisotopic (exact) mass is 314 g/mol. The van der Waals surface area contributed by atoms with E-state index in [-0.39, 0.29) is 5.91 Å². The Bertz CT molecular complexity index is 661. The molecule has 0 unspecified atom stereocenters. The van der Waals surface area contributed by atoms with Crippen LogP contribution in [0.15, 0.2) is 34.9 Å². The summed E-state index contributed by atoms with van der Waals surface area (Å²) < 4.78 is 10.8. The number of furan rings is 1. The van der Waals surface area contributed by atoms with E-state index < -0.39 is 0 Å². The van der Waals surface area contributed by atoms with E-state index in [1.54, 1.807) is 6.26 Å². The standard InChI is InChI=1S/C18H22N2O3/c1-3-20(11-14-8-10-22-12-14)18(21)15-6-7-16(19-13(15)2)17-5-4-9-23-17/h4-7,9,14H,3,8,10-12H2,1-2H3/t14-/m1/s1. The zero-order chi connectivity index (χ0) is 16.2. The molecule has 122 valence electrons. The normalized spacial score (nSPS) is 17.4. The summed E-state index contributed by atoms with van der Waals surface area (Å²) in [6.07, 6.45) is 2.65. The summed E-state index contributed by atoms with van der Waals surface area (Å²) in [5.41, 5.74) is 2.13. The highest BCUT2D eigenvalue weighted by Gasteiger charge is 2.23. The number of aryl methyl sites for hydroxylation is 1. The number of rotatable bonds is 5. The van der Waals surface area contributed by atoms with Crippen molar-refractivity contribution < 1.29 is 13.9 Å². The minimum absolute atomic E-state index is 0.0374. The first-order valence-corrected chi connectivity index (χ1v) is 8.07. The summed E-state index contributed by atoms with van der Waals surface area (Å²) >= 11 is 0. The van der Waals surface area contributed by atoms with Gasteiger partial charge in [0.25, 0.3) is 5.91 Å². The number of pyridine rings is 1. The van der Waals surface area contributed by atoms with Gasteiger partial charge in [-0.05, 0) is 44.5 Å². The Morgan fingerprint density at radius 2 is 2.26 bits per heavy atom. The Balaban J connectivity index is 1.77. The molecule has 3 rings (SSSR count). The van der Waals surface area contributed by atoms with Crippen molar-refractivity contribution in [1.82, 2.24) is 9.88 Å². The molecule has 1 atom stereocenters. The summed E-state index contributed by atoms with van der Waals surface area (Å²) in [4.78, 5) is 19.2. The molecule has 2 aromatic heterocycles. The SMILES string of the molecule is CCN(C[C@H]1CCOC1)C(=O)c1ccc(-c2ccco2)nc1C. The largest absolute Gasteiger partial charge is 0.463 e. The summed E-state index contributed by atoms with van der Waals surface area (Å²) in [6, 6.07) is 7.37. The lowest BCUT2D eigenvalue weighted by molar-refractivity contribution is 0.0729. The topological polar surface area (TPSA) is 55.6 Å². The van der Waals surface area contributed by atoms with Crippen LogP contribution in [0.2, 0.25) is 0 Å².